The molecule has 0 radical (unpaired) electrons. The minimum atomic E-state index is 0.448. The number of rotatable bonds is 1. The van der Waals surface area contributed by atoms with Gasteiger partial charge >= 0.3 is 0 Å². The van der Waals surface area contributed by atoms with Gasteiger partial charge in [0.15, 0.2) is 0 Å². The Balaban J connectivity index is 2.51. The van der Waals surface area contributed by atoms with E-state index in [0.29, 0.717) is 10.7 Å². The molecule has 0 bridgehead atoms. The molecule has 0 aliphatic carbocycles. The Bertz CT molecular complexity index is 95.1. The molecule has 1 fully saturated rings. The molecule has 2 heteroatoms. The lowest BCUT2D eigenvalue weighted by atomic mass is 9.86. The average Bonchev–Trinajstić information content (AvgIpc) is 2.16. The molecule has 0 amide bonds. The fourth-order valence-electron chi connectivity index (χ4n) is 1.19. The van der Waals surface area contributed by atoms with Crippen molar-refractivity contribution in [3.63, 3.8) is 0 Å². The van der Waals surface area contributed by atoms with Gasteiger partial charge in [-0.3, -0.25) is 0 Å². The predicted octanol–water partition coefficient (Wildman–Crippen LogP) is 1.30. The van der Waals surface area contributed by atoms with Crippen molar-refractivity contribution in [3.8, 4) is 0 Å². The molecule has 54 valence electrons. The highest BCUT2D eigenvalue weighted by Crippen LogP contribution is 2.31. The Morgan fingerprint density at radius 2 is 2.33 bits per heavy atom. The Morgan fingerprint density at radius 3 is 2.56 bits per heavy atom. The van der Waals surface area contributed by atoms with E-state index < -0.39 is 0 Å². The van der Waals surface area contributed by atoms with Crippen molar-refractivity contribution < 1.29 is 0 Å². The van der Waals surface area contributed by atoms with Crippen LogP contribution in [0.1, 0.15) is 20.3 Å². The van der Waals surface area contributed by atoms with Gasteiger partial charge in [0.1, 0.15) is 0 Å². The third-order valence-electron chi connectivity index (χ3n) is 2.41. The van der Waals surface area contributed by atoms with Crippen molar-refractivity contribution in [1.82, 2.24) is 5.32 Å². The fourth-order valence-corrected chi connectivity index (χ4v) is 1.41. The van der Waals surface area contributed by atoms with Crippen molar-refractivity contribution >= 4 is 12.6 Å². The largest absolute Gasteiger partial charge is 0.316 e. The fraction of sp³-hybridized carbons (Fsp3) is 1.00. The molecule has 9 heavy (non-hydrogen) atoms. The maximum atomic E-state index is 4.44. The first-order chi connectivity index (χ1) is 4.15. The first-order valence-corrected chi connectivity index (χ1v) is 4.05. The molecule has 0 aromatic rings. The minimum absolute atomic E-state index is 0.448. The van der Waals surface area contributed by atoms with Crippen LogP contribution in [-0.4, -0.2) is 18.3 Å². The maximum Gasteiger partial charge on any atom is 0.00549 e. The topological polar surface area (TPSA) is 12.0 Å². The molecule has 0 aromatic heterocycles. The van der Waals surface area contributed by atoms with E-state index in [1.54, 1.807) is 0 Å². The van der Waals surface area contributed by atoms with Crippen LogP contribution in [0.4, 0.5) is 0 Å². The Morgan fingerprint density at radius 1 is 1.67 bits per heavy atom. The summed E-state index contributed by atoms with van der Waals surface area (Å²) >= 11 is 4.44. The van der Waals surface area contributed by atoms with E-state index in [4.69, 9.17) is 0 Å². The summed E-state index contributed by atoms with van der Waals surface area (Å²) in [6.07, 6.45) is 1.28. The van der Waals surface area contributed by atoms with Crippen LogP contribution in [0.25, 0.3) is 0 Å². The highest BCUT2D eigenvalue weighted by molar-refractivity contribution is 7.81. The van der Waals surface area contributed by atoms with Crippen molar-refractivity contribution in [3.05, 3.63) is 0 Å². The summed E-state index contributed by atoms with van der Waals surface area (Å²) in [6.45, 7) is 6.78. The zero-order valence-corrected chi connectivity index (χ0v) is 7.04. The third-order valence-corrected chi connectivity index (χ3v) is 3.03. The van der Waals surface area contributed by atoms with E-state index in [2.05, 4.69) is 31.8 Å². The van der Waals surface area contributed by atoms with Crippen molar-refractivity contribution in [1.29, 1.82) is 0 Å². The molecule has 1 nitrogen and oxygen atoms in total. The van der Waals surface area contributed by atoms with Crippen LogP contribution in [-0.2, 0) is 0 Å². The van der Waals surface area contributed by atoms with Gasteiger partial charge in [0, 0.05) is 11.8 Å². The number of thiol groups is 1. The lowest BCUT2D eigenvalue weighted by Crippen LogP contribution is -2.28. The highest BCUT2D eigenvalue weighted by atomic mass is 32.1. The van der Waals surface area contributed by atoms with Crippen LogP contribution < -0.4 is 5.32 Å². The minimum Gasteiger partial charge on any atom is -0.316 e. The molecule has 2 unspecified atom stereocenters. The van der Waals surface area contributed by atoms with Crippen molar-refractivity contribution in [2.24, 2.45) is 5.41 Å². The molecule has 2 atom stereocenters. The van der Waals surface area contributed by atoms with Crippen LogP contribution >= 0.6 is 12.6 Å². The summed E-state index contributed by atoms with van der Waals surface area (Å²) in [5, 5.41) is 3.87. The molecule has 1 heterocycles. The SMILES string of the molecule is CC(S)C1(C)CCNC1. The monoisotopic (exact) mass is 145 g/mol. The molecule has 0 spiro atoms. The number of hydrogen-bond donors (Lipinski definition) is 2. The van der Waals surface area contributed by atoms with Gasteiger partial charge < -0.3 is 5.32 Å². The summed E-state index contributed by atoms with van der Waals surface area (Å²) in [5.74, 6) is 0. The van der Waals surface area contributed by atoms with Crippen LogP contribution in [0, 0.1) is 5.41 Å². The molecular weight excluding hydrogens is 130 g/mol. The third kappa shape index (κ3) is 1.41. The summed E-state index contributed by atoms with van der Waals surface area (Å²) < 4.78 is 0. The highest BCUT2D eigenvalue weighted by Gasteiger charge is 2.31. The van der Waals surface area contributed by atoms with Gasteiger partial charge in [-0.1, -0.05) is 13.8 Å². The molecule has 1 rings (SSSR count). The first-order valence-electron chi connectivity index (χ1n) is 3.54. The maximum absolute atomic E-state index is 4.44. The summed E-state index contributed by atoms with van der Waals surface area (Å²) in [6, 6.07) is 0. The second kappa shape index (κ2) is 2.51. The lowest BCUT2D eigenvalue weighted by molar-refractivity contribution is 0.365. The van der Waals surface area contributed by atoms with E-state index in [0.717, 1.165) is 6.54 Å². The van der Waals surface area contributed by atoms with Gasteiger partial charge in [0.2, 0.25) is 0 Å². The molecular formula is C7H15NS. The van der Waals surface area contributed by atoms with Crippen LogP contribution in [0.5, 0.6) is 0 Å². The standard InChI is InChI=1S/C7H15NS/c1-6(9)7(2)3-4-8-5-7/h6,8-9H,3-5H2,1-2H3. The van der Waals surface area contributed by atoms with Gasteiger partial charge in [0.25, 0.3) is 0 Å². The quantitative estimate of drug-likeness (QED) is 0.530. The van der Waals surface area contributed by atoms with Gasteiger partial charge in [0.05, 0.1) is 0 Å². The smallest absolute Gasteiger partial charge is 0.00549 e. The second-order valence-electron chi connectivity index (χ2n) is 3.26. The molecule has 1 N–H and O–H groups in total. The predicted molar refractivity (Wildman–Crippen MR) is 44.0 cm³/mol. The Kier molecular flexibility index (Phi) is 2.07. The number of nitrogens with one attached hydrogen (secondary N) is 1. The first kappa shape index (κ1) is 7.42. The van der Waals surface area contributed by atoms with Crippen LogP contribution in [0.2, 0.25) is 0 Å². The van der Waals surface area contributed by atoms with Crippen molar-refractivity contribution in [2.75, 3.05) is 13.1 Å². The number of hydrogen-bond acceptors (Lipinski definition) is 2. The van der Waals surface area contributed by atoms with Gasteiger partial charge in [-0.25, -0.2) is 0 Å². The van der Waals surface area contributed by atoms with Crippen LogP contribution in [0.3, 0.4) is 0 Å². The summed E-state index contributed by atoms with van der Waals surface area (Å²) in [5.41, 5.74) is 0.448. The summed E-state index contributed by atoms with van der Waals surface area (Å²) in [7, 11) is 0. The van der Waals surface area contributed by atoms with E-state index >= 15 is 0 Å². The van der Waals surface area contributed by atoms with E-state index in [1.165, 1.54) is 13.0 Å². The van der Waals surface area contributed by atoms with Crippen LogP contribution in [0.15, 0.2) is 0 Å². The lowest BCUT2D eigenvalue weighted by Gasteiger charge is -2.26. The summed E-state index contributed by atoms with van der Waals surface area (Å²) in [4.78, 5) is 0. The van der Waals surface area contributed by atoms with Crippen molar-refractivity contribution in [2.45, 2.75) is 25.5 Å². The Hall–Kier alpha value is 0.310. The van der Waals surface area contributed by atoms with Gasteiger partial charge in [-0.2, -0.15) is 12.6 Å². The zero-order chi connectivity index (χ0) is 6.91. The molecule has 0 aromatic carbocycles. The molecule has 1 aliphatic rings. The Labute approximate surface area is 62.6 Å². The zero-order valence-electron chi connectivity index (χ0n) is 6.15. The molecule has 0 saturated carbocycles. The van der Waals surface area contributed by atoms with Gasteiger partial charge in [-0.15, -0.1) is 0 Å². The van der Waals surface area contributed by atoms with E-state index in [1.807, 2.05) is 0 Å². The normalized spacial score (nSPS) is 39.0. The molecule has 1 aliphatic heterocycles. The average molecular weight is 145 g/mol. The van der Waals surface area contributed by atoms with E-state index in [-0.39, 0.29) is 0 Å². The second-order valence-corrected chi connectivity index (χ2v) is 4.03. The van der Waals surface area contributed by atoms with E-state index in [9.17, 15) is 0 Å². The molecule has 1 saturated heterocycles. The van der Waals surface area contributed by atoms with Gasteiger partial charge in [-0.05, 0) is 18.4 Å².